The number of carbonyl (C=O) groups is 1. The monoisotopic (exact) mass is 153 g/mol. The summed E-state index contributed by atoms with van der Waals surface area (Å²) >= 11 is 0. The van der Waals surface area contributed by atoms with Gasteiger partial charge in [0.1, 0.15) is 0 Å². The van der Waals surface area contributed by atoms with Gasteiger partial charge in [0, 0.05) is 17.7 Å². The van der Waals surface area contributed by atoms with Gasteiger partial charge in [-0.2, -0.15) is 0 Å². The van der Waals surface area contributed by atoms with E-state index in [0.29, 0.717) is 0 Å². The molecule has 0 radical (unpaired) electrons. The normalized spacial score (nSPS) is 19.7. The Balaban J connectivity index is 2.78. The summed E-state index contributed by atoms with van der Waals surface area (Å²) in [5.74, 6) is 0.123. The fourth-order valence-corrected chi connectivity index (χ4v) is 1.29. The molecule has 0 spiro atoms. The van der Waals surface area contributed by atoms with E-state index in [1.165, 1.54) is 0 Å². The summed E-state index contributed by atoms with van der Waals surface area (Å²) in [4.78, 5) is 13.2. The van der Waals surface area contributed by atoms with Crippen LogP contribution in [0.5, 0.6) is 0 Å². The third-order valence-electron chi connectivity index (χ3n) is 1.99. The van der Waals surface area contributed by atoms with E-state index in [0.717, 1.165) is 18.5 Å². The summed E-state index contributed by atoms with van der Waals surface area (Å²) in [6, 6.07) is 0. The molecule has 0 aromatic carbocycles. The Morgan fingerprint density at radius 3 is 2.18 bits per heavy atom. The van der Waals surface area contributed by atoms with Gasteiger partial charge in [-0.15, -0.1) is 0 Å². The van der Waals surface area contributed by atoms with Crippen LogP contribution in [0.3, 0.4) is 0 Å². The lowest BCUT2D eigenvalue weighted by Crippen LogP contribution is -2.42. The van der Waals surface area contributed by atoms with Crippen LogP contribution in [-0.4, -0.2) is 22.9 Å². The number of rotatable bonds is 0. The molecule has 1 amide bonds. The Labute approximate surface area is 67.9 Å². The summed E-state index contributed by atoms with van der Waals surface area (Å²) in [5.41, 5.74) is 0.705. The van der Waals surface area contributed by atoms with Gasteiger partial charge in [0.05, 0.1) is 0 Å². The Bertz CT molecular complexity index is 200. The van der Waals surface area contributed by atoms with Crippen molar-refractivity contribution in [1.82, 2.24) is 4.90 Å². The van der Waals surface area contributed by atoms with E-state index in [1.807, 2.05) is 25.7 Å². The zero-order valence-electron chi connectivity index (χ0n) is 7.48. The fourth-order valence-electron chi connectivity index (χ4n) is 1.29. The maximum Gasteiger partial charge on any atom is 0.249 e. The van der Waals surface area contributed by atoms with Crippen LogP contribution >= 0.6 is 0 Å². The second kappa shape index (κ2) is 2.36. The SMILES string of the molecule is C=C1CCN(C(C)(C)C)C1=O. The van der Waals surface area contributed by atoms with Gasteiger partial charge in [-0.3, -0.25) is 4.79 Å². The first-order chi connectivity index (χ1) is 4.93. The molecule has 2 heteroatoms. The lowest BCUT2D eigenvalue weighted by atomic mass is 10.1. The van der Waals surface area contributed by atoms with Crippen LogP contribution in [0.1, 0.15) is 27.2 Å². The Morgan fingerprint density at radius 2 is 2.00 bits per heavy atom. The van der Waals surface area contributed by atoms with Gasteiger partial charge < -0.3 is 4.90 Å². The van der Waals surface area contributed by atoms with E-state index in [1.54, 1.807) is 0 Å². The standard InChI is InChI=1S/C9H15NO/c1-7-5-6-10(8(7)11)9(2,3)4/h1,5-6H2,2-4H3. The third kappa shape index (κ3) is 1.44. The van der Waals surface area contributed by atoms with Crippen molar-refractivity contribution in [2.75, 3.05) is 6.54 Å². The number of hydrogen-bond donors (Lipinski definition) is 0. The van der Waals surface area contributed by atoms with Crippen molar-refractivity contribution in [3.05, 3.63) is 12.2 Å². The molecular formula is C9H15NO. The quantitative estimate of drug-likeness (QED) is 0.484. The number of nitrogens with zero attached hydrogens (tertiary/aromatic N) is 1. The molecule has 0 atom stereocenters. The maximum atomic E-state index is 11.4. The summed E-state index contributed by atoms with van der Waals surface area (Å²) in [6.07, 6.45) is 0.829. The molecular weight excluding hydrogens is 138 g/mol. The third-order valence-corrected chi connectivity index (χ3v) is 1.99. The van der Waals surface area contributed by atoms with E-state index >= 15 is 0 Å². The van der Waals surface area contributed by atoms with Crippen molar-refractivity contribution in [3.63, 3.8) is 0 Å². The van der Waals surface area contributed by atoms with Crippen molar-refractivity contribution >= 4 is 5.91 Å². The fraction of sp³-hybridized carbons (Fsp3) is 0.667. The summed E-state index contributed by atoms with van der Waals surface area (Å²) < 4.78 is 0. The maximum absolute atomic E-state index is 11.4. The zero-order valence-corrected chi connectivity index (χ0v) is 7.48. The van der Waals surface area contributed by atoms with Crippen molar-refractivity contribution in [1.29, 1.82) is 0 Å². The molecule has 1 fully saturated rings. The van der Waals surface area contributed by atoms with Crippen molar-refractivity contribution in [2.24, 2.45) is 0 Å². The number of carbonyl (C=O) groups excluding carboxylic acids is 1. The number of hydrogen-bond acceptors (Lipinski definition) is 1. The molecule has 0 unspecified atom stereocenters. The highest BCUT2D eigenvalue weighted by Gasteiger charge is 2.32. The van der Waals surface area contributed by atoms with Gasteiger partial charge in [-0.25, -0.2) is 0 Å². The second-order valence-electron chi connectivity index (χ2n) is 3.98. The Morgan fingerprint density at radius 1 is 1.45 bits per heavy atom. The molecule has 0 aromatic rings. The van der Waals surface area contributed by atoms with Gasteiger partial charge in [0.15, 0.2) is 0 Å². The van der Waals surface area contributed by atoms with Crippen LogP contribution in [0, 0.1) is 0 Å². The summed E-state index contributed by atoms with van der Waals surface area (Å²) in [7, 11) is 0. The number of likely N-dealkylation sites (tertiary alicyclic amines) is 1. The molecule has 0 aliphatic carbocycles. The predicted molar refractivity (Wildman–Crippen MR) is 45.2 cm³/mol. The van der Waals surface area contributed by atoms with E-state index in [-0.39, 0.29) is 11.4 Å². The van der Waals surface area contributed by atoms with Crippen LogP contribution in [0.2, 0.25) is 0 Å². The molecule has 0 N–H and O–H groups in total. The average molecular weight is 153 g/mol. The first-order valence-corrected chi connectivity index (χ1v) is 3.92. The van der Waals surface area contributed by atoms with Crippen LogP contribution < -0.4 is 0 Å². The molecule has 1 aliphatic rings. The van der Waals surface area contributed by atoms with Gasteiger partial charge in [0.25, 0.3) is 0 Å². The largest absolute Gasteiger partial charge is 0.334 e. The molecule has 2 nitrogen and oxygen atoms in total. The molecule has 1 aliphatic heterocycles. The van der Waals surface area contributed by atoms with E-state index in [2.05, 4.69) is 6.58 Å². The zero-order chi connectivity index (χ0) is 8.65. The second-order valence-corrected chi connectivity index (χ2v) is 3.98. The minimum Gasteiger partial charge on any atom is -0.334 e. The van der Waals surface area contributed by atoms with Crippen molar-refractivity contribution in [3.8, 4) is 0 Å². The van der Waals surface area contributed by atoms with Crippen molar-refractivity contribution in [2.45, 2.75) is 32.7 Å². The highest BCUT2D eigenvalue weighted by Crippen LogP contribution is 2.23. The lowest BCUT2D eigenvalue weighted by molar-refractivity contribution is -0.128. The first-order valence-electron chi connectivity index (χ1n) is 3.92. The molecule has 62 valence electrons. The minimum absolute atomic E-state index is 0.0451. The average Bonchev–Trinajstić information content (AvgIpc) is 2.11. The smallest absolute Gasteiger partial charge is 0.249 e. The summed E-state index contributed by atoms with van der Waals surface area (Å²) in [6.45, 7) is 10.7. The topological polar surface area (TPSA) is 20.3 Å². The van der Waals surface area contributed by atoms with E-state index in [9.17, 15) is 4.79 Å². The molecule has 1 saturated heterocycles. The minimum atomic E-state index is -0.0451. The van der Waals surface area contributed by atoms with Crippen LogP contribution in [-0.2, 0) is 4.79 Å². The van der Waals surface area contributed by atoms with Gasteiger partial charge in [0.2, 0.25) is 5.91 Å². The predicted octanol–water partition coefficient (Wildman–Crippen LogP) is 1.57. The van der Waals surface area contributed by atoms with Gasteiger partial charge in [-0.1, -0.05) is 6.58 Å². The van der Waals surface area contributed by atoms with E-state index < -0.39 is 0 Å². The van der Waals surface area contributed by atoms with Crippen LogP contribution in [0.15, 0.2) is 12.2 Å². The lowest BCUT2D eigenvalue weighted by Gasteiger charge is -2.31. The van der Waals surface area contributed by atoms with E-state index in [4.69, 9.17) is 0 Å². The summed E-state index contributed by atoms with van der Waals surface area (Å²) in [5, 5.41) is 0. The molecule has 11 heavy (non-hydrogen) atoms. The van der Waals surface area contributed by atoms with Gasteiger partial charge >= 0.3 is 0 Å². The Kier molecular flexibility index (Phi) is 1.78. The number of amides is 1. The Hall–Kier alpha value is -0.790. The molecule has 0 bridgehead atoms. The van der Waals surface area contributed by atoms with Gasteiger partial charge in [-0.05, 0) is 27.2 Å². The first kappa shape index (κ1) is 8.31. The molecule has 0 aromatic heterocycles. The highest BCUT2D eigenvalue weighted by atomic mass is 16.2. The van der Waals surface area contributed by atoms with Crippen LogP contribution in [0.25, 0.3) is 0 Å². The van der Waals surface area contributed by atoms with Crippen molar-refractivity contribution < 1.29 is 4.79 Å². The molecule has 0 saturated carbocycles. The molecule has 1 heterocycles. The van der Waals surface area contributed by atoms with Crippen LogP contribution in [0.4, 0.5) is 0 Å². The molecule has 1 rings (SSSR count). The highest BCUT2D eigenvalue weighted by molar-refractivity contribution is 5.95.